The first kappa shape index (κ1) is 11.2. The number of nitrogens with zero attached hydrogens (tertiary/aromatic N) is 1. The summed E-state index contributed by atoms with van der Waals surface area (Å²) in [6.07, 6.45) is 0. The molecule has 0 unspecified atom stereocenters. The van der Waals surface area contributed by atoms with Crippen LogP contribution in [0.1, 0.15) is 0 Å². The maximum absolute atomic E-state index is 5.14. The minimum atomic E-state index is 0.840. The Morgan fingerprint density at radius 1 is 1.11 bits per heavy atom. The molecule has 3 nitrogen and oxygen atoms in total. The SMILES string of the molecule is COc1ccc(-c2nc3ccc(S)cc3[nH]2)cc1. The Morgan fingerprint density at radius 3 is 2.61 bits per heavy atom. The van der Waals surface area contributed by atoms with Gasteiger partial charge in [0.15, 0.2) is 0 Å². The number of aromatic amines is 1. The largest absolute Gasteiger partial charge is 0.497 e. The van der Waals surface area contributed by atoms with Crippen LogP contribution in [-0.4, -0.2) is 17.1 Å². The van der Waals surface area contributed by atoms with Crippen molar-refractivity contribution in [3.63, 3.8) is 0 Å². The first-order valence-electron chi connectivity index (χ1n) is 5.59. The monoisotopic (exact) mass is 256 g/mol. The number of nitrogens with one attached hydrogen (secondary N) is 1. The zero-order chi connectivity index (χ0) is 12.5. The van der Waals surface area contributed by atoms with E-state index >= 15 is 0 Å². The highest BCUT2D eigenvalue weighted by Crippen LogP contribution is 2.23. The van der Waals surface area contributed by atoms with Crippen LogP contribution < -0.4 is 4.74 Å². The lowest BCUT2D eigenvalue weighted by Crippen LogP contribution is -1.83. The van der Waals surface area contributed by atoms with Crippen molar-refractivity contribution in [3.8, 4) is 17.1 Å². The number of hydrogen-bond acceptors (Lipinski definition) is 3. The number of ether oxygens (including phenoxy) is 1. The van der Waals surface area contributed by atoms with Crippen LogP contribution in [0.4, 0.5) is 0 Å². The second-order valence-electron chi connectivity index (χ2n) is 4.02. The number of H-pyrrole nitrogens is 1. The fourth-order valence-corrected chi connectivity index (χ4v) is 2.09. The number of thiol groups is 1. The van der Waals surface area contributed by atoms with Crippen LogP contribution in [0.5, 0.6) is 5.75 Å². The van der Waals surface area contributed by atoms with Gasteiger partial charge in [0.2, 0.25) is 0 Å². The summed E-state index contributed by atoms with van der Waals surface area (Å²) in [4.78, 5) is 8.76. The van der Waals surface area contributed by atoms with E-state index in [1.54, 1.807) is 7.11 Å². The van der Waals surface area contributed by atoms with Gasteiger partial charge in [-0.15, -0.1) is 12.6 Å². The molecule has 1 N–H and O–H groups in total. The minimum Gasteiger partial charge on any atom is -0.497 e. The van der Waals surface area contributed by atoms with Gasteiger partial charge >= 0.3 is 0 Å². The molecule has 0 saturated heterocycles. The standard InChI is InChI=1S/C14H12N2OS/c1-17-10-4-2-9(3-5-10)14-15-12-7-6-11(18)8-13(12)16-14/h2-8,18H,1H3,(H,15,16). The van der Waals surface area contributed by atoms with Crippen molar-refractivity contribution in [2.45, 2.75) is 4.90 Å². The van der Waals surface area contributed by atoms with E-state index in [0.717, 1.165) is 33.1 Å². The molecule has 0 saturated carbocycles. The van der Waals surface area contributed by atoms with Gasteiger partial charge < -0.3 is 9.72 Å². The molecule has 1 aromatic heterocycles. The van der Waals surface area contributed by atoms with E-state index in [9.17, 15) is 0 Å². The van der Waals surface area contributed by atoms with Gasteiger partial charge in [0.1, 0.15) is 11.6 Å². The van der Waals surface area contributed by atoms with E-state index in [0.29, 0.717) is 0 Å². The molecular weight excluding hydrogens is 244 g/mol. The van der Waals surface area contributed by atoms with Gasteiger partial charge in [-0.2, -0.15) is 0 Å². The van der Waals surface area contributed by atoms with Gasteiger partial charge in [0, 0.05) is 10.5 Å². The number of benzene rings is 2. The first-order valence-corrected chi connectivity index (χ1v) is 6.04. The number of aromatic nitrogens is 2. The summed E-state index contributed by atoms with van der Waals surface area (Å²) in [5.41, 5.74) is 2.97. The van der Waals surface area contributed by atoms with Crippen molar-refractivity contribution in [1.82, 2.24) is 9.97 Å². The summed E-state index contributed by atoms with van der Waals surface area (Å²) in [7, 11) is 1.66. The van der Waals surface area contributed by atoms with Crippen molar-refractivity contribution >= 4 is 23.7 Å². The van der Waals surface area contributed by atoms with Crippen molar-refractivity contribution in [3.05, 3.63) is 42.5 Å². The van der Waals surface area contributed by atoms with Gasteiger partial charge in [-0.1, -0.05) is 0 Å². The molecule has 0 atom stereocenters. The van der Waals surface area contributed by atoms with Crippen LogP contribution in [0.2, 0.25) is 0 Å². The molecule has 3 rings (SSSR count). The van der Waals surface area contributed by atoms with Gasteiger partial charge in [0.25, 0.3) is 0 Å². The predicted molar refractivity (Wildman–Crippen MR) is 75.3 cm³/mol. The lowest BCUT2D eigenvalue weighted by Gasteiger charge is -2.00. The Bertz CT molecular complexity index is 689. The van der Waals surface area contributed by atoms with Gasteiger partial charge in [-0.05, 0) is 42.5 Å². The number of imidazole rings is 1. The molecule has 0 amide bonds. The number of hydrogen-bond donors (Lipinski definition) is 2. The van der Waals surface area contributed by atoms with E-state index < -0.39 is 0 Å². The van der Waals surface area contributed by atoms with E-state index in [4.69, 9.17) is 4.74 Å². The van der Waals surface area contributed by atoms with E-state index in [1.807, 2.05) is 42.5 Å². The maximum Gasteiger partial charge on any atom is 0.138 e. The van der Waals surface area contributed by atoms with Crippen LogP contribution in [0.25, 0.3) is 22.4 Å². The van der Waals surface area contributed by atoms with Gasteiger partial charge in [-0.3, -0.25) is 0 Å². The summed E-state index contributed by atoms with van der Waals surface area (Å²) < 4.78 is 5.14. The molecule has 1 heterocycles. The average molecular weight is 256 g/mol. The highest BCUT2D eigenvalue weighted by molar-refractivity contribution is 7.80. The maximum atomic E-state index is 5.14. The third-order valence-electron chi connectivity index (χ3n) is 2.83. The molecule has 4 heteroatoms. The average Bonchev–Trinajstić information content (AvgIpc) is 2.81. The van der Waals surface area contributed by atoms with E-state index in [2.05, 4.69) is 22.6 Å². The lowest BCUT2D eigenvalue weighted by atomic mass is 10.2. The third-order valence-corrected chi connectivity index (χ3v) is 3.11. The fraction of sp³-hybridized carbons (Fsp3) is 0.0714. The van der Waals surface area contributed by atoms with Crippen molar-refractivity contribution in [1.29, 1.82) is 0 Å². The lowest BCUT2D eigenvalue weighted by molar-refractivity contribution is 0.415. The summed E-state index contributed by atoms with van der Waals surface area (Å²) in [6, 6.07) is 13.7. The highest BCUT2D eigenvalue weighted by atomic mass is 32.1. The van der Waals surface area contributed by atoms with Gasteiger partial charge in [-0.25, -0.2) is 4.98 Å². The minimum absolute atomic E-state index is 0.840. The molecule has 0 fully saturated rings. The Labute approximate surface area is 110 Å². The van der Waals surface area contributed by atoms with Crippen LogP contribution >= 0.6 is 12.6 Å². The molecular formula is C14H12N2OS. The topological polar surface area (TPSA) is 37.9 Å². The molecule has 18 heavy (non-hydrogen) atoms. The number of methoxy groups -OCH3 is 1. The van der Waals surface area contributed by atoms with Crippen molar-refractivity contribution in [2.24, 2.45) is 0 Å². The predicted octanol–water partition coefficient (Wildman–Crippen LogP) is 3.53. The van der Waals surface area contributed by atoms with Crippen LogP contribution in [0.3, 0.4) is 0 Å². The zero-order valence-corrected chi connectivity index (χ0v) is 10.7. The van der Waals surface area contributed by atoms with E-state index in [-0.39, 0.29) is 0 Å². The molecule has 0 spiro atoms. The molecule has 0 radical (unpaired) electrons. The Hall–Kier alpha value is -1.94. The first-order chi connectivity index (χ1) is 8.76. The molecule has 0 aliphatic heterocycles. The van der Waals surface area contributed by atoms with Crippen LogP contribution in [0.15, 0.2) is 47.4 Å². The quantitative estimate of drug-likeness (QED) is 0.688. The Kier molecular flexibility index (Phi) is 2.72. The number of fused-ring (bicyclic) bond motifs is 1. The van der Waals surface area contributed by atoms with Gasteiger partial charge in [0.05, 0.1) is 18.1 Å². The highest BCUT2D eigenvalue weighted by Gasteiger charge is 2.05. The summed E-state index contributed by atoms with van der Waals surface area (Å²) in [5.74, 6) is 1.69. The smallest absolute Gasteiger partial charge is 0.138 e. The zero-order valence-electron chi connectivity index (χ0n) is 9.84. The molecule has 90 valence electrons. The normalized spacial score (nSPS) is 10.8. The Balaban J connectivity index is 2.07. The Morgan fingerprint density at radius 2 is 1.89 bits per heavy atom. The van der Waals surface area contributed by atoms with Crippen LogP contribution in [0, 0.1) is 0 Å². The van der Waals surface area contributed by atoms with Crippen molar-refractivity contribution in [2.75, 3.05) is 7.11 Å². The van der Waals surface area contributed by atoms with Crippen molar-refractivity contribution < 1.29 is 4.74 Å². The molecule has 0 aliphatic carbocycles. The molecule has 0 aliphatic rings. The van der Waals surface area contributed by atoms with Crippen LogP contribution in [-0.2, 0) is 0 Å². The molecule has 0 bridgehead atoms. The second kappa shape index (κ2) is 4.38. The summed E-state index contributed by atoms with van der Waals surface area (Å²) >= 11 is 4.32. The number of rotatable bonds is 2. The van der Waals surface area contributed by atoms with E-state index in [1.165, 1.54) is 0 Å². The third kappa shape index (κ3) is 1.95. The fourth-order valence-electron chi connectivity index (χ4n) is 1.88. The summed E-state index contributed by atoms with van der Waals surface area (Å²) in [6.45, 7) is 0. The summed E-state index contributed by atoms with van der Waals surface area (Å²) in [5, 5.41) is 0. The second-order valence-corrected chi connectivity index (χ2v) is 4.53. The molecule has 3 aromatic rings. The molecule has 2 aromatic carbocycles.